The Morgan fingerprint density at radius 1 is 1.00 bits per heavy atom. The summed E-state index contributed by atoms with van der Waals surface area (Å²) in [7, 11) is 0. The minimum atomic E-state index is 0.0635. The van der Waals surface area contributed by atoms with Crippen LogP contribution >= 0.6 is 11.8 Å². The van der Waals surface area contributed by atoms with E-state index in [1.807, 2.05) is 4.90 Å². The van der Waals surface area contributed by atoms with Crippen LogP contribution in [0.5, 0.6) is 0 Å². The van der Waals surface area contributed by atoms with Gasteiger partial charge in [0.2, 0.25) is 5.91 Å². The lowest BCUT2D eigenvalue weighted by Gasteiger charge is -2.26. The fourth-order valence-corrected chi connectivity index (χ4v) is 4.15. The minimum Gasteiger partial charge on any atom is -0.295 e. The summed E-state index contributed by atoms with van der Waals surface area (Å²) < 4.78 is 0. The molecule has 0 bridgehead atoms. The number of benzene rings is 2. The van der Waals surface area contributed by atoms with Crippen molar-refractivity contribution in [1.29, 1.82) is 0 Å². The van der Waals surface area contributed by atoms with E-state index in [1.54, 1.807) is 11.8 Å². The van der Waals surface area contributed by atoms with Crippen molar-refractivity contribution in [3.05, 3.63) is 64.7 Å². The smallest absolute Gasteiger partial charge is 0.238 e. The quantitative estimate of drug-likeness (QED) is 0.732. The van der Waals surface area contributed by atoms with Crippen LogP contribution in [0.4, 0.5) is 5.69 Å². The van der Waals surface area contributed by atoms with E-state index in [-0.39, 0.29) is 16.7 Å². The third-order valence-corrected chi connectivity index (χ3v) is 5.91. The number of aryl methyl sites for hydroxylation is 2. The Bertz CT molecular complexity index is 758. The van der Waals surface area contributed by atoms with Crippen molar-refractivity contribution in [2.24, 2.45) is 0 Å². The van der Waals surface area contributed by atoms with E-state index in [4.69, 9.17) is 0 Å². The Morgan fingerprint density at radius 3 is 2.25 bits per heavy atom. The SMILES string of the molecule is Cc1ccc(N2C(=O)CSC2c2ccc(C(C)(C)C)cc2)cc1C. The third-order valence-electron chi connectivity index (χ3n) is 4.70. The molecule has 1 atom stereocenters. The Morgan fingerprint density at radius 2 is 1.67 bits per heavy atom. The van der Waals surface area contributed by atoms with E-state index in [0.717, 1.165) is 5.69 Å². The van der Waals surface area contributed by atoms with Gasteiger partial charge in [0, 0.05) is 5.69 Å². The summed E-state index contributed by atoms with van der Waals surface area (Å²) in [6.45, 7) is 10.9. The van der Waals surface area contributed by atoms with Crippen LogP contribution in [0.1, 0.15) is 48.4 Å². The van der Waals surface area contributed by atoms with Crippen LogP contribution in [0.2, 0.25) is 0 Å². The highest BCUT2D eigenvalue weighted by atomic mass is 32.2. The van der Waals surface area contributed by atoms with E-state index in [9.17, 15) is 4.79 Å². The Labute approximate surface area is 149 Å². The molecule has 1 aliphatic rings. The largest absolute Gasteiger partial charge is 0.295 e. The lowest BCUT2D eigenvalue weighted by Crippen LogP contribution is -2.28. The molecule has 1 amide bonds. The molecular formula is C21H25NOS. The third kappa shape index (κ3) is 3.23. The van der Waals surface area contributed by atoms with Crippen LogP contribution in [-0.4, -0.2) is 11.7 Å². The molecule has 0 aliphatic carbocycles. The van der Waals surface area contributed by atoms with Crippen LogP contribution < -0.4 is 4.90 Å². The van der Waals surface area contributed by atoms with Gasteiger partial charge in [0.15, 0.2) is 0 Å². The van der Waals surface area contributed by atoms with Crippen molar-refractivity contribution in [2.45, 2.75) is 45.4 Å². The maximum absolute atomic E-state index is 12.5. The summed E-state index contributed by atoms with van der Waals surface area (Å²) >= 11 is 1.71. The normalized spacial score (nSPS) is 18.3. The van der Waals surface area contributed by atoms with Crippen molar-refractivity contribution in [3.63, 3.8) is 0 Å². The average Bonchev–Trinajstić information content (AvgIpc) is 2.91. The summed E-state index contributed by atoms with van der Waals surface area (Å²) in [4.78, 5) is 14.4. The van der Waals surface area contributed by atoms with Crippen LogP contribution in [0.3, 0.4) is 0 Å². The number of nitrogens with zero attached hydrogens (tertiary/aromatic N) is 1. The van der Waals surface area contributed by atoms with Gasteiger partial charge in [-0.15, -0.1) is 11.8 Å². The Hall–Kier alpha value is -1.74. The van der Waals surface area contributed by atoms with Crippen molar-refractivity contribution in [3.8, 4) is 0 Å². The number of hydrogen-bond acceptors (Lipinski definition) is 2. The fourth-order valence-electron chi connectivity index (χ4n) is 2.97. The van der Waals surface area contributed by atoms with Gasteiger partial charge < -0.3 is 0 Å². The molecule has 0 spiro atoms. The van der Waals surface area contributed by atoms with Gasteiger partial charge in [-0.1, -0.05) is 51.1 Å². The fraction of sp³-hybridized carbons (Fsp3) is 0.381. The molecule has 2 aromatic carbocycles. The number of carbonyl (C=O) groups excluding carboxylic acids is 1. The van der Waals surface area contributed by atoms with E-state index >= 15 is 0 Å². The number of rotatable bonds is 2. The van der Waals surface area contributed by atoms with Crippen LogP contribution in [-0.2, 0) is 10.2 Å². The predicted molar refractivity (Wildman–Crippen MR) is 104 cm³/mol. The molecule has 3 heteroatoms. The maximum atomic E-state index is 12.5. The molecule has 2 aromatic rings. The molecule has 0 N–H and O–H groups in total. The number of thioether (sulfide) groups is 1. The summed E-state index contributed by atoms with van der Waals surface area (Å²) in [5, 5.41) is 0.0635. The zero-order valence-electron chi connectivity index (χ0n) is 15.1. The molecular weight excluding hydrogens is 314 g/mol. The second kappa shape index (κ2) is 6.29. The number of amides is 1. The van der Waals surface area contributed by atoms with E-state index in [2.05, 4.69) is 77.1 Å². The van der Waals surface area contributed by atoms with Gasteiger partial charge in [-0.2, -0.15) is 0 Å². The molecule has 24 heavy (non-hydrogen) atoms. The van der Waals surface area contributed by atoms with Gasteiger partial charge in [-0.25, -0.2) is 0 Å². The predicted octanol–water partition coefficient (Wildman–Crippen LogP) is 5.38. The van der Waals surface area contributed by atoms with Gasteiger partial charge in [-0.05, 0) is 53.6 Å². The van der Waals surface area contributed by atoms with Crippen molar-refractivity contribution < 1.29 is 4.79 Å². The minimum absolute atomic E-state index is 0.0635. The Balaban J connectivity index is 1.94. The summed E-state index contributed by atoms with van der Waals surface area (Å²) in [6.07, 6.45) is 0. The van der Waals surface area contributed by atoms with E-state index < -0.39 is 0 Å². The first-order valence-corrected chi connectivity index (χ1v) is 9.43. The molecule has 3 rings (SSSR count). The van der Waals surface area contributed by atoms with Crippen molar-refractivity contribution >= 4 is 23.4 Å². The number of hydrogen-bond donors (Lipinski definition) is 0. The standard InChI is InChI=1S/C21H25NOS/c1-14-6-11-18(12-15(14)2)22-19(23)13-24-20(22)16-7-9-17(10-8-16)21(3,4)5/h6-12,20H,13H2,1-5H3. The highest BCUT2D eigenvalue weighted by Gasteiger charge is 2.34. The van der Waals surface area contributed by atoms with Gasteiger partial charge in [0.1, 0.15) is 5.37 Å². The van der Waals surface area contributed by atoms with Gasteiger partial charge in [-0.3, -0.25) is 9.69 Å². The van der Waals surface area contributed by atoms with E-state index in [1.165, 1.54) is 22.3 Å². The maximum Gasteiger partial charge on any atom is 0.238 e. The molecule has 1 saturated heterocycles. The molecule has 0 radical (unpaired) electrons. The highest BCUT2D eigenvalue weighted by Crippen LogP contribution is 2.42. The second-order valence-electron chi connectivity index (χ2n) is 7.57. The lowest BCUT2D eigenvalue weighted by molar-refractivity contribution is -0.115. The summed E-state index contributed by atoms with van der Waals surface area (Å²) in [6, 6.07) is 15.0. The monoisotopic (exact) mass is 339 g/mol. The molecule has 1 fully saturated rings. The summed E-state index contributed by atoms with van der Waals surface area (Å²) in [5.41, 5.74) is 6.13. The number of anilines is 1. The molecule has 126 valence electrons. The molecule has 1 heterocycles. The average molecular weight is 340 g/mol. The van der Waals surface area contributed by atoms with Gasteiger partial charge in [0.25, 0.3) is 0 Å². The zero-order chi connectivity index (χ0) is 17.5. The van der Waals surface area contributed by atoms with Crippen molar-refractivity contribution in [1.82, 2.24) is 0 Å². The van der Waals surface area contributed by atoms with Crippen molar-refractivity contribution in [2.75, 3.05) is 10.7 Å². The second-order valence-corrected chi connectivity index (χ2v) is 8.64. The topological polar surface area (TPSA) is 20.3 Å². The first-order valence-electron chi connectivity index (χ1n) is 8.39. The van der Waals surface area contributed by atoms with Gasteiger partial charge >= 0.3 is 0 Å². The molecule has 0 aromatic heterocycles. The first-order chi connectivity index (χ1) is 11.3. The molecule has 1 unspecified atom stereocenters. The molecule has 0 saturated carbocycles. The highest BCUT2D eigenvalue weighted by molar-refractivity contribution is 8.00. The zero-order valence-corrected chi connectivity index (χ0v) is 15.9. The Kier molecular flexibility index (Phi) is 4.48. The van der Waals surface area contributed by atoms with Crippen LogP contribution in [0, 0.1) is 13.8 Å². The van der Waals surface area contributed by atoms with Gasteiger partial charge in [0.05, 0.1) is 5.75 Å². The van der Waals surface area contributed by atoms with E-state index in [0.29, 0.717) is 5.75 Å². The number of carbonyl (C=O) groups is 1. The lowest BCUT2D eigenvalue weighted by atomic mass is 9.86. The van der Waals surface area contributed by atoms with Crippen LogP contribution in [0.25, 0.3) is 0 Å². The summed E-state index contributed by atoms with van der Waals surface area (Å²) in [5.74, 6) is 0.728. The van der Waals surface area contributed by atoms with Crippen LogP contribution in [0.15, 0.2) is 42.5 Å². The molecule has 2 nitrogen and oxygen atoms in total. The first kappa shape index (κ1) is 17.1. The molecule has 1 aliphatic heterocycles.